The van der Waals surface area contributed by atoms with Gasteiger partial charge in [0.1, 0.15) is 0 Å². The van der Waals surface area contributed by atoms with Crippen molar-refractivity contribution in [1.29, 1.82) is 0 Å². The average molecular weight is 167 g/mol. The van der Waals surface area contributed by atoms with Crippen molar-refractivity contribution in [2.24, 2.45) is 0 Å². The zero-order valence-electron chi connectivity index (χ0n) is 0.816. The van der Waals surface area contributed by atoms with E-state index in [0.29, 0.717) is 0 Å². The number of rotatable bonds is 0. The summed E-state index contributed by atoms with van der Waals surface area (Å²) in [7, 11) is 0. The Morgan fingerprint density at radius 2 is 0.750 bits per heavy atom. The van der Waals surface area contributed by atoms with Crippen LogP contribution >= 0.6 is 0 Å². The minimum atomic E-state index is 0. The Balaban J connectivity index is 0. The third-order valence-corrected chi connectivity index (χ3v) is 0. The van der Waals surface area contributed by atoms with Gasteiger partial charge in [-0.2, -0.15) is 0 Å². The topological polar surface area (TPSA) is 0 Å². The second-order valence-electron chi connectivity index (χ2n) is 0. The van der Waals surface area contributed by atoms with Crippen molar-refractivity contribution in [3.63, 3.8) is 0 Å². The molecule has 0 nitrogen and oxygen atoms in total. The van der Waals surface area contributed by atoms with Crippen molar-refractivity contribution < 1.29 is 38.2 Å². The van der Waals surface area contributed by atoms with E-state index in [4.69, 9.17) is 0 Å². The average Bonchev–Trinajstić information content (AvgIpc) is 0. The van der Waals surface area contributed by atoms with Crippen LogP contribution in [-0.2, 0) is 38.2 Å². The van der Waals surface area contributed by atoms with Gasteiger partial charge in [-0.25, -0.2) is 0 Å². The zero-order valence-corrected chi connectivity index (χ0v) is 3.37. The summed E-state index contributed by atoms with van der Waals surface area (Å²) in [5.41, 5.74) is 0. The Morgan fingerprint density at radius 1 is 0.750 bits per heavy atom. The molecular weight excluding hydrogens is 161 g/mol. The Morgan fingerprint density at radius 3 is 0.750 bits per heavy atom. The summed E-state index contributed by atoms with van der Waals surface area (Å²) in [6, 6.07) is 0. The van der Waals surface area contributed by atoms with E-state index in [1.807, 2.05) is 0 Å². The van der Waals surface area contributed by atoms with E-state index in [-0.39, 0.29) is 72.9 Å². The molecule has 4 heteroatoms. The summed E-state index contributed by atoms with van der Waals surface area (Å²) in [6.07, 6.45) is 0. The maximum absolute atomic E-state index is 0. The molecule has 4 heavy (non-hydrogen) atoms. The van der Waals surface area contributed by atoms with E-state index in [2.05, 4.69) is 0 Å². The van der Waals surface area contributed by atoms with Gasteiger partial charge in [0, 0.05) is 38.2 Å². The smallest absolute Gasteiger partial charge is 0 e. The first-order chi connectivity index (χ1) is 0. The molecule has 0 atom stereocenters. The maximum Gasteiger partial charge on any atom is 0.187 e. The first kappa shape index (κ1) is 33.8. The fourth-order valence-corrected chi connectivity index (χ4v) is 0. The normalized spacial score (nSPS) is 0. The Kier molecular flexibility index (Phi) is 157. The van der Waals surface area contributed by atoms with E-state index in [0.717, 1.165) is 0 Å². The summed E-state index contributed by atoms with van der Waals surface area (Å²) in [4.78, 5) is 0. The quantitative estimate of drug-likeness (QED) is 0.353. The van der Waals surface area contributed by atoms with Crippen LogP contribution < -0.4 is 0 Å². The first-order valence-electron chi connectivity index (χ1n) is 0. The van der Waals surface area contributed by atoms with E-state index in [1.54, 1.807) is 0 Å². The molecule has 0 amide bonds. The second kappa shape index (κ2) is 18.6. The molecule has 0 bridgehead atoms. The minimum Gasteiger partial charge on any atom is 0 e. The Labute approximate surface area is 72.2 Å². The molecule has 0 saturated carbocycles. The van der Waals surface area contributed by atoms with E-state index in [9.17, 15) is 0 Å². The van der Waals surface area contributed by atoms with Crippen LogP contribution in [0.2, 0.25) is 0 Å². The Bertz CT molecular complexity index is 6.00. The number of hydrogen-bond acceptors (Lipinski definition) is 0. The molecule has 0 rings (SSSR count). The van der Waals surface area contributed by atoms with E-state index in [1.165, 1.54) is 0 Å². The van der Waals surface area contributed by atoms with Gasteiger partial charge in [-0.3, -0.25) is 0 Å². The van der Waals surface area contributed by atoms with Crippen LogP contribution in [0.4, 0.5) is 0 Å². The summed E-state index contributed by atoms with van der Waals surface area (Å²) in [5, 5.41) is 0. The monoisotopic (exact) mass is 166 g/mol. The predicted octanol–water partition coefficient (Wildman–Crippen LogP) is -2.37. The molecule has 0 fully saturated rings. The van der Waals surface area contributed by atoms with E-state index < -0.39 is 0 Å². The van der Waals surface area contributed by atoms with Crippen LogP contribution in [0.1, 0.15) is 0 Å². The third-order valence-electron chi connectivity index (χ3n) is 0. The predicted molar refractivity (Wildman–Crippen MR) is 19.9 cm³/mol. The molecule has 26 valence electrons. The standard InChI is InChI=1S/2Al.Ni.Ti.6H. The molecule has 0 saturated heterocycles. The van der Waals surface area contributed by atoms with Crippen LogP contribution in [0.3, 0.4) is 0 Å². The molecule has 0 heterocycles. The van der Waals surface area contributed by atoms with Gasteiger partial charge >= 0.3 is 0 Å². The van der Waals surface area contributed by atoms with Gasteiger partial charge in [0.25, 0.3) is 0 Å². The summed E-state index contributed by atoms with van der Waals surface area (Å²) in [6.45, 7) is 0. The third kappa shape index (κ3) is 8.86. The molecule has 0 radical (unpaired) electrons. The molecule has 0 aliphatic carbocycles. The summed E-state index contributed by atoms with van der Waals surface area (Å²) < 4.78 is 0. The van der Waals surface area contributed by atoms with Crippen molar-refractivity contribution in [3.05, 3.63) is 0 Å². The fourth-order valence-electron chi connectivity index (χ4n) is 0. The second-order valence-corrected chi connectivity index (χ2v) is 0. The molecular formula is H6Al2NiTi. The van der Waals surface area contributed by atoms with Gasteiger partial charge in [0.2, 0.25) is 0 Å². The molecule has 0 N–H and O–H groups in total. The largest absolute Gasteiger partial charge is 0.187 e. The molecule has 0 unspecified atom stereocenters. The SMILES string of the molecule is [AlH3].[AlH3].[Ni].[Ti]. The molecule has 0 aliphatic heterocycles. The van der Waals surface area contributed by atoms with Gasteiger partial charge in [-0.1, -0.05) is 0 Å². The molecule has 0 aromatic heterocycles. The molecule has 0 aliphatic rings. The number of hydrogen-bond donors (Lipinski definition) is 0. The fraction of sp³-hybridized carbons (Fsp3) is 0. The van der Waals surface area contributed by atoms with Crippen LogP contribution in [0.5, 0.6) is 0 Å². The van der Waals surface area contributed by atoms with Crippen LogP contribution in [0.25, 0.3) is 0 Å². The maximum atomic E-state index is 0. The van der Waals surface area contributed by atoms with Crippen LogP contribution in [0, 0.1) is 0 Å². The van der Waals surface area contributed by atoms with Gasteiger partial charge in [0.15, 0.2) is 34.7 Å². The van der Waals surface area contributed by atoms with Gasteiger partial charge < -0.3 is 0 Å². The van der Waals surface area contributed by atoms with Crippen molar-refractivity contribution in [2.75, 3.05) is 0 Å². The van der Waals surface area contributed by atoms with E-state index >= 15 is 0 Å². The van der Waals surface area contributed by atoms with Crippen molar-refractivity contribution in [3.8, 4) is 0 Å². The molecule has 0 aromatic rings. The zero-order chi connectivity index (χ0) is 0. The van der Waals surface area contributed by atoms with Gasteiger partial charge in [0.05, 0.1) is 0 Å². The molecule has 0 spiro atoms. The minimum absolute atomic E-state index is 0. The van der Waals surface area contributed by atoms with Crippen molar-refractivity contribution in [1.82, 2.24) is 0 Å². The van der Waals surface area contributed by atoms with Crippen LogP contribution in [0.15, 0.2) is 0 Å². The van der Waals surface area contributed by atoms with Crippen molar-refractivity contribution in [2.45, 2.75) is 0 Å². The first-order valence-corrected chi connectivity index (χ1v) is 0. The van der Waals surface area contributed by atoms with Crippen LogP contribution in [-0.4, -0.2) is 34.7 Å². The van der Waals surface area contributed by atoms with Crippen molar-refractivity contribution >= 4 is 34.7 Å². The summed E-state index contributed by atoms with van der Waals surface area (Å²) >= 11 is 0. The van der Waals surface area contributed by atoms with Gasteiger partial charge in [-0.15, -0.1) is 0 Å². The summed E-state index contributed by atoms with van der Waals surface area (Å²) in [5.74, 6) is 0. The van der Waals surface area contributed by atoms with Gasteiger partial charge in [-0.05, 0) is 0 Å². The Hall–Kier alpha value is 2.27. The molecule has 0 aromatic carbocycles.